The molecule has 0 fully saturated rings. The van der Waals surface area contributed by atoms with Crippen molar-refractivity contribution in [3.05, 3.63) is 121 Å². The fraction of sp³-hybridized carbons (Fsp3) is 0. The number of aromatic nitrogens is 2. The topological polar surface area (TPSA) is 63.1 Å². The zero-order valence-corrected chi connectivity index (χ0v) is 21.4. The summed E-state index contributed by atoms with van der Waals surface area (Å²) in [6, 6.07) is 38.1. The summed E-state index contributed by atoms with van der Waals surface area (Å²) >= 11 is 0. The van der Waals surface area contributed by atoms with Gasteiger partial charge in [-0.15, -0.1) is 29.1 Å². The summed E-state index contributed by atoms with van der Waals surface area (Å²) in [4.78, 5) is 18.7. The number of carbonyl (C=O) groups is 1. The maximum Gasteiger partial charge on any atom is 0.354 e. The molecule has 0 atom stereocenters. The minimum absolute atomic E-state index is 0. The Morgan fingerprint density at radius 2 is 1.42 bits per heavy atom. The van der Waals surface area contributed by atoms with Crippen LogP contribution in [-0.4, -0.2) is 21.0 Å². The molecule has 36 heavy (non-hydrogen) atoms. The summed E-state index contributed by atoms with van der Waals surface area (Å²) in [6.07, 6.45) is 1.45. The van der Waals surface area contributed by atoms with Crippen molar-refractivity contribution in [3.63, 3.8) is 0 Å². The number of fused-ring (bicyclic) bond motifs is 4. The number of rotatable bonds is 2. The second kappa shape index (κ2) is 9.82. The molecule has 1 aliphatic rings. The van der Waals surface area contributed by atoms with Crippen LogP contribution in [0.4, 0.5) is 0 Å². The van der Waals surface area contributed by atoms with Crippen molar-refractivity contribution in [2.75, 3.05) is 0 Å². The third-order valence-corrected chi connectivity index (χ3v) is 6.18. The van der Waals surface area contributed by atoms with E-state index in [0.29, 0.717) is 0 Å². The second-order valence-corrected chi connectivity index (χ2v) is 8.30. The van der Waals surface area contributed by atoms with Gasteiger partial charge in [-0.2, -0.15) is 0 Å². The van der Waals surface area contributed by atoms with Gasteiger partial charge in [0.1, 0.15) is 5.69 Å². The molecule has 1 N–H and O–H groups in total. The van der Waals surface area contributed by atoms with Gasteiger partial charge in [-0.1, -0.05) is 78.2 Å². The molecule has 0 bridgehead atoms. The maximum atomic E-state index is 10.1. The van der Waals surface area contributed by atoms with Gasteiger partial charge >= 0.3 is 5.97 Å². The smallest absolute Gasteiger partial charge is 0.354 e. The van der Waals surface area contributed by atoms with Crippen molar-refractivity contribution in [1.29, 1.82) is 0 Å². The minimum Gasteiger partial charge on any atom is -0.477 e. The van der Waals surface area contributed by atoms with Gasteiger partial charge in [0.25, 0.3) is 0 Å². The van der Waals surface area contributed by atoms with Crippen LogP contribution in [0.25, 0.3) is 55.2 Å². The van der Waals surface area contributed by atoms with Crippen LogP contribution in [-0.2, 0) is 20.1 Å². The van der Waals surface area contributed by atoms with Crippen LogP contribution in [0.3, 0.4) is 0 Å². The molecule has 4 aromatic carbocycles. The number of hydrogen-bond donors (Lipinski definition) is 1. The number of carboxylic acids is 1. The number of hydrogen-bond acceptors (Lipinski definition) is 3. The summed E-state index contributed by atoms with van der Waals surface area (Å²) in [5.74, 6) is -0.990. The summed E-state index contributed by atoms with van der Waals surface area (Å²) in [6.45, 7) is 0. The van der Waals surface area contributed by atoms with E-state index >= 15 is 0 Å². The van der Waals surface area contributed by atoms with Gasteiger partial charge in [0.2, 0.25) is 0 Å². The first-order valence-corrected chi connectivity index (χ1v) is 11.3. The molecule has 0 spiro atoms. The number of pyridine rings is 2. The van der Waals surface area contributed by atoms with E-state index in [0.717, 1.165) is 16.8 Å². The van der Waals surface area contributed by atoms with Gasteiger partial charge in [0.05, 0.1) is 5.52 Å². The van der Waals surface area contributed by atoms with Crippen LogP contribution in [0.15, 0.2) is 109 Å². The van der Waals surface area contributed by atoms with E-state index in [1.807, 2.05) is 0 Å². The molecule has 7 rings (SSSR count). The Kier molecular flexibility index (Phi) is 6.43. The fourth-order valence-electron chi connectivity index (χ4n) is 4.58. The Labute approximate surface area is 221 Å². The molecule has 2 heterocycles. The van der Waals surface area contributed by atoms with E-state index in [1.54, 1.807) is 12.1 Å². The minimum atomic E-state index is -0.990. The van der Waals surface area contributed by atoms with Crippen LogP contribution in [0.5, 0.6) is 0 Å². The first-order chi connectivity index (χ1) is 17.2. The molecule has 5 heteroatoms. The summed E-state index contributed by atoms with van der Waals surface area (Å²) in [7, 11) is 0. The first-order valence-electron chi connectivity index (χ1n) is 11.3. The average Bonchev–Trinajstić information content (AvgIpc) is 3.24. The largest absolute Gasteiger partial charge is 0.477 e. The van der Waals surface area contributed by atoms with E-state index in [9.17, 15) is 4.79 Å². The SMILES string of the molecule is O=C(O)c1ccccn1.[Ir].[c-]1cc2ccccc2cc1-c1cc2c3c(cccc3n1)-c1ccccc1-2. The van der Waals surface area contributed by atoms with Gasteiger partial charge < -0.3 is 5.11 Å². The third-order valence-electron chi connectivity index (χ3n) is 6.18. The van der Waals surface area contributed by atoms with Crippen molar-refractivity contribution in [1.82, 2.24) is 9.97 Å². The Bertz CT molecular complexity index is 1730. The van der Waals surface area contributed by atoms with Crippen LogP contribution in [0.1, 0.15) is 10.5 Å². The molecule has 0 aliphatic heterocycles. The Hall–Kier alpha value is -4.18. The van der Waals surface area contributed by atoms with Crippen molar-refractivity contribution in [2.24, 2.45) is 0 Å². The van der Waals surface area contributed by atoms with Gasteiger partial charge in [-0.3, -0.25) is 4.98 Å². The summed E-state index contributed by atoms with van der Waals surface area (Å²) < 4.78 is 0. The van der Waals surface area contributed by atoms with Crippen molar-refractivity contribution in [3.8, 4) is 33.5 Å². The van der Waals surface area contributed by atoms with Gasteiger partial charge in [-0.25, -0.2) is 9.78 Å². The molecular weight excluding hydrogens is 625 g/mol. The average molecular weight is 644 g/mol. The van der Waals surface area contributed by atoms with Crippen LogP contribution >= 0.6 is 0 Å². The molecule has 0 saturated carbocycles. The molecular formula is C31H19IrN2O2-. The van der Waals surface area contributed by atoms with Crippen molar-refractivity contribution < 1.29 is 30.0 Å². The summed E-state index contributed by atoms with van der Waals surface area (Å²) in [5, 5.41) is 12.0. The van der Waals surface area contributed by atoms with Crippen LogP contribution < -0.4 is 0 Å². The molecule has 4 nitrogen and oxygen atoms in total. The van der Waals surface area contributed by atoms with Crippen LogP contribution in [0, 0.1) is 6.07 Å². The Balaban J connectivity index is 0.000000229. The fourth-order valence-corrected chi connectivity index (χ4v) is 4.58. The van der Waals surface area contributed by atoms with E-state index in [1.165, 1.54) is 50.7 Å². The normalized spacial score (nSPS) is 10.8. The monoisotopic (exact) mass is 644 g/mol. The number of carboxylic acid groups (broad SMARTS) is 1. The predicted molar refractivity (Wildman–Crippen MR) is 139 cm³/mol. The molecule has 0 saturated heterocycles. The Morgan fingerprint density at radius 1 is 0.722 bits per heavy atom. The van der Waals surface area contributed by atoms with E-state index in [2.05, 4.69) is 96.0 Å². The molecule has 0 amide bonds. The predicted octanol–water partition coefficient (Wildman–Crippen LogP) is 7.28. The summed E-state index contributed by atoms with van der Waals surface area (Å²) in [5.41, 5.74) is 8.30. The molecule has 1 aliphatic carbocycles. The molecule has 2 aromatic heterocycles. The zero-order chi connectivity index (χ0) is 23.8. The number of benzene rings is 4. The van der Waals surface area contributed by atoms with Gasteiger partial charge in [0.15, 0.2) is 0 Å². The zero-order valence-electron chi connectivity index (χ0n) is 19.0. The molecule has 175 valence electrons. The van der Waals surface area contributed by atoms with E-state index < -0.39 is 5.97 Å². The standard InChI is InChI=1S/C25H14N.C6H5NO2.Ir/c1-2-7-17-14-18(13-12-16(17)6-1)24-15-22-20-9-4-3-8-19(20)21-10-5-11-23(26-24)25(21)22;8-6(9)5-3-1-2-4-7-5;/h1-12,14-15H;1-4H,(H,8,9);/q-1;;. The van der Waals surface area contributed by atoms with Gasteiger partial charge in [-0.05, 0) is 46.1 Å². The molecule has 1 radical (unpaired) electrons. The number of aromatic carboxylic acids is 1. The van der Waals surface area contributed by atoms with Gasteiger partial charge in [0, 0.05) is 31.7 Å². The van der Waals surface area contributed by atoms with Crippen LogP contribution in [0.2, 0.25) is 0 Å². The van der Waals surface area contributed by atoms with E-state index in [4.69, 9.17) is 10.1 Å². The first kappa shape index (κ1) is 23.6. The molecule has 0 unspecified atom stereocenters. The third kappa shape index (κ3) is 4.20. The quantitative estimate of drug-likeness (QED) is 0.201. The van der Waals surface area contributed by atoms with E-state index in [-0.39, 0.29) is 25.8 Å². The van der Waals surface area contributed by atoms with Crippen molar-refractivity contribution in [2.45, 2.75) is 0 Å². The second-order valence-electron chi connectivity index (χ2n) is 8.30. The molecule has 6 aromatic rings. The maximum absolute atomic E-state index is 10.1. The number of nitrogens with zero attached hydrogens (tertiary/aromatic N) is 2. The van der Waals surface area contributed by atoms with Crippen molar-refractivity contribution >= 4 is 27.6 Å². The Morgan fingerprint density at radius 3 is 2.14 bits per heavy atom.